The van der Waals surface area contributed by atoms with E-state index >= 15 is 0 Å². The molecule has 17 heteroatoms. The highest BCUT2D eigenvalue weighted by atomic mass is 16.6. The summed E-state index contributed by atoms with van der Waals surface area (Å²) in [5, 5.41) is 2.74. The molecule has 0 radical (unpaired) electrons. The van der Waals surface area contributed by atoms with Crippen molar-refractivity contribution >= 4 is 12.4 Å². The minimum atomic E-state index is -0.457. The molecule has 0 aromatic heterocycles. The lowest BCUT2D eigenvalue weighted by Crippen LogP contribution is -2.29. The maximum Gasteiger partial charge on any atom is 0.407 e. The Bertz CT molecular complexity index is 1590. The van der Waals surface area contributed by atoms with E-state index in [1.54, 1.807) is 24.3 Å². The first-order valence-corrected chi connectivity index (χ1v) is 22.5. The maximum absolute atomic E-state index is 12.3. The lowest BCUT2D eigenvalue weighted by Gasteiger charge is -2.14. The zero-order valence-electron chi connectivity index (χ0n) is 37.7. The fourth-order valence-electron chi connectivity index (χ4n) is 6.26. The fourth-order valence-corrected chi connectivity index (χ4v) is 6.26. The van der Waals surface area contributed by atoms with Crippen LogP contribution in [0.15, 0.2) is 72.8 Å². The van der Waals surface area contributed by atoms with Crippen molar-refractivity contribution in [1.29, 1.82) is 0 Å². The van der Waals surface area contributed by atoms with Gasteiger partial charge in [0.05, 0.1) is 159 Å². The van der Waals surface area contributed by atoms with E-state index in [1.165, 1.54) is 22.3 Å². The molecule has 0 bridgehead atoms. The number of ether oxygens (including phenoxy) is 14. The molecule has 0 spiro atoms. The summed E-state index contributed by atoms with van der Waals surface area (Å²) in [5.74, 6) is 0.730. The number of benzene rings is 3. The van der Waals surface area contributed by atoms with Crippen LogP contribution < -0.4 is 10.1 Å². The number of carbonyl (C=O) groups is 2. The standard InChI is InChI=1S/C48H69NO16/c50-39-41-9-11-42(12-10-41)64-38-37-63-36-35-62-34-33-61-32-31-60-30-29-59-28-27-58-26-25-57-24-23-56-22-21-55-20-19-54-18-17-53-16-15-52-14-13-49-48(51)65-40-47-45-7-3-1-5-43(45)44-6-2-4-8-46(44)47/h1-12,39,47H,13-38,40H2,(H,49,51). The summed E-state index contributed by atoms with van der Waals surface area (Å²) in [6.45, 7) is 12.3. The van der Waals surface area contributed by atoms with E-state index in [-0.39, 0.29) is 12.5 Å². The van der Waals surface area contributed by atoms with Crippen molar-refractivity contribution in [1.82, 2.24) is 5.32 Å². The van der Waals surface area contributed by atoms with Gasteiger partial charge in [-0.1, -0.05) is 48.5 Å². The minimum Gasteiger partial charge on any atom is -0.491 e. The highest BCUT2D eigenvalue weighted by Gasteiger charge is 2.29. The summed E-state index contributed by atoms with van der Waals surface area (Å²) in [7, 11) is 0. The van der Waals surface area contributed by atoms with Gasteiger partial charge >= 0.3 is 6.09 Å². The van der Waals surface area contributed by atoms with Gasteiger partial charge in [-0.05, 0) is 46.5 Å². The van der Waals surface area contributed by atoms with E-state index in [1.807, 2.05) is 24.3 Å². The molecular weight excluding hydrogens is 847 g/mol. The zero-order chi connectivity index (χ0) is 45.5. The van der Waals surface area contributed by atoms with Crippen molar-refractivity contribution < 1.29 is 75.9 Å². The molecule has 0 unspecified atom stereocenters. The molecule has 1 amide bonds. The van der Waals surface area contributed by atoms with Gasteiger partial charge in [-0.25, -0.2) is 4.79 Å². The second-order valence-corrected chi connectivity index (χ2v) is 14.1. The number of hydrogen-bond donors (Lipinski definition) is 1. The minimum absolute atomic E-state index is 0.0311. The van der Waals surface area contributed by atoms with Gasteiger partial charge in [0, 0.05) is 18.0 Å². The summed E-state index contributed by atoms with van der Waals surface area (Å²) in [6.07, 6.45) is 0.339. The summed E-state index contributed by atoms with van der Waals surface area (Å²) in [5.41, 5.74) is 5.37. The number of nitrogens with one attached hydrogen (secondary N) is 1. The average Bonchev–Trinajstić information content (AvgIpc) is 3.66. The summed E-state index contributed by atoms with van der Waals surface area (Å²) < 4.78 is 77.2. The first kappa shape index (κ1) is 53.5. The molecule has 65 heavy (non-hydrogen) atoms. The smallest absolute Gasteiger partial charge is 0.407 e. The fraction of sp³-hybridized carbons (Fsp3) is 0.583. The Labute approximate surface area is 383 Å². The molecule has 0 saturated carbocycles. The molecule has 0 aliphatic heterocycles. The quantitative estimate of drug-likeness (QED) is 0.0615. The molecule has 0 fully saturated rings. The number of alkyl carbamates (subject to hydrolysis) is 1. The number of aldehydes is 1. The molecule has 17 nitrogen and oxygen atoms in total. The second kappa shape index (κ2) is 37.1. The van der Waals surface area contributed by atoms with E-state index in [0.717, 1.165) is 6.29 Å². The molecule has 3 aromatic rings. The monoisotopic (exact) mass is 915 g/mol. The van der Waals surface area contributed by atoms with Crippen molar-refractivity contribution in [3.05, 3.63) is 89.5 Å². The molecule has 1 N–H and O–H groups in total. The van der Waals surface area contributed by atoms with E-state index in [4.69, 9.17) is 66.3 Å². The van der Waals surface area contributed by atoms with Crippen molar-refractivity contribution in [2.24, 2.45) is 0 Å². The largest absolute Gasteiger partial charge is 0.491 e. The number of fused-ring (bicyclic) bond motifs is 3. The van der Waals surface area contributed by atoms with Gasteiger partial charge in [0.25, 0.3) is 0 Å². The Kier molecular flexibility index (Phi) is 30.5. The number of rotatable bonds is 43. The van der Waals surface area contributed by atoms with Crippen molar-refractivity contribution in [2.75, 3.05) is 178 Å². The predicted molar refractivity (Wildman–Crippen MR) is 240 cm³/mol. The SMILES string of the molecule is O=Cc1ccc(OCCOCCOCCOCCOCCOCCOCCOCCOCCOCCOCCOCCOCCNC(=O)OCC2c3ccccc3-c3ccccc32)cc1. The Morgan fingerprint density at radius 1 is 0.415 bits per heavy atom. The van der Waals surface area contributed by atoms with Gasteiger partial charge in [-0.3, -0.25) is 4.79 Å². The van der Waals surface area contributed by atoms with Crippen LogP contribution in [0.25, 0.3) is 11.1 Å². The lowest BCUT2D eigenvalue weighted by molar-refractivity contribution is -0.0285. The van der Waals surface area contributed by atoms with Crippen LogP contribution in [0.4, 0.5) is 4.79 Å². The van der Waals surface area contributed by atoms with Crippen LogP contribution in [0.1, 0.15) is 27.4 Å². The van der Waals surface area contributed by atoms with Gasteiger partial charge in [0.1, 0.15) is 25.2 Å². The zero-order valence-corrected chi connectivity index (χ0v) is 37.7. The third-order valence-corrected chi connectivity index (χ3v) is 9.46. The van der Waals surface area contributed by atoms with Gasteiger partial charge in [-0.15, -0.1) is 0 Å². The molecule has 4 rings (SSSR count). The van der Waals surface area contributed by atoms with Crippen LogP contribution in [-0.4, -0.2) is 191 Å². The summed E-state index contributed by atoms with van der Waals surface area (Å²) >= 11 is 0. The van der Waals surface area contributed by atoms with Gasteiger partial charge in [-0.2, -0.15) is 0 Å². The Morgan fingerprint density at radius 3 is 1.09 bits per heavy atom. The summed E-state index contributed by atoms with van der Waals surface area (Å²) in [6, 6.07) is 23.4. The van der Waals surface area contributed by atoms with E-state index < -0.39 is 6.09 Å². The van der Waals surface area contributed by atoms with Crippen molar-refractivity contribution in [3.8, 4) is 16.9 Å². The van der Waals surface area contributed by atoms with E-state index in [2.05, 4.69) is 29.6 Å². The van der Waals surface area contributed by atoms with Crippen molar-refractivity contribution in [2.45, 2.75) is 5.92 Å². The number of amides is 1. The highest BCUT2D eigenvalue weighted by molar-refractivity contribution is 5.79. The van der Waals surface area contributed by atoms with Gasteiger partial charge in [0.2, 0.25) is 0 Å². The normalized spacial score (nSPS) is 12.0. The van der Waals surface area contributed by atoms with E-state index in [9.17, 15) is 9.59 Å². The molecule has 3 aromatic carbocycles. The first-order valence-electron chi connectivity index (χ1n) is 22.5. The first-order chi connectivity index (χ1) is 32.3. The van der Waals surface area contributed by atoms with Crippen LogP contribution in [0.2, 0.25) is 0 Å². The Morgan fingerprint density at radius 2 is 0.738 bits per heavy atom. The summed E-state index contributed by atoms with van der Waals surface area (Å²) in [4.78, 5) is 22.9. The second-order valence-electron chi connectivity index (χ2n) is 14.1. The van der Waals surface area contributed by atoms with Crippen LogP contribution in [0.5, 0.6) is 5.75 Å². The van der Waals surface area contributed by atoms with E-state index in [0.29, 0.717) is 183 Å². The lowest BCUT2D eigenvalue weighted by atomic mass is 9.98. The van der Waals surface area contributed by atoms with Gasteiger partial charge < -0.3 is 71.6 Å². The average molecular weight is 916 g/mol. The number of carbonyl (C=O) groups excluding carboxylic acids is 2. The molecular formula is C48H69NO16. The van der Waals surface area contributed by atoms with Gasteiger partial charge in [0.15, 0.2) is 0 Å². The van der Waals surface area contributed by atoms with Crippen LogP contribution >= 0.6 is 0 Å². The third-order valence-electron chi connectivity index (χ3n) is 9.46. The molecule has 0 saturated heterocycles. The number of hydrogen-bond acceptors (Lipinski definition) is 16. The van der Waals surface area contributed by atoms with Crippen LogP contribution in [-0.2, 0) is 61.6 Å². The molecule has 0 atom stereocenters. The molecule has 362 valence electrons. The molecule has 1 aliphatic rings. The highest BCUT2D eigenvalue weighted by Crippen LogP contribution is 2.44. The Balaban J connectivity index is 0.752. The predicted octanol–water partition coefficient (Wildman–Crippen LogP) is 4.62. The Hall–Kier alpha value is -4.08. The van der Waals surface area contributed by atoms with Crippen molar-refractivity contribution in [3.63, 3.8) is 0 Å². The van der Waals surface area contributed by atoms with Crippen LogP contribution in [0, 0.1) is 0 Å². The molecule has 1 aliphatic carbocycles. The maximum atomic E-state index is 12.3. The van der Waals surface area contributed by atoms with Crippen LogP contribution in [0.3, 0.4) is 0 Å². The third kappa shape index (κ3) is 24.9. The molecule has 0 heterocycles. The topological polar surface area (TPSA) is 175 Å².